The number of anilines is 2. The van der Waals surface area contributed by atoms with Gasteiger partial charge < -0.3 is 10.1 Å². The molecule has 0 aromatic heterocycles. The van der Waals surface area contributed by atoms with Crippen LogP contribution in [0.2, 0.25) is 0 Å². The number of aryl methyl sites for hydroxylation is 1. The zero-order valence-electron chi connectivity index (χ0n) is 18.1. The fraction of sp³-hybridized carbons (Fsp3) is 0.333. The smallest absolute Gasteiger partial charge is 0.338 e. The summed E-state index contributed by atoms with van der Waals surface area (Å²) < 4.78 is 6.02. The summed E-state index contributed by atoms with van der Waals surface area (Å²) in [6.45, 7) is 1.36. The van der Waals surface area contributed by atoms with Gasteiger partial charge in [-0.3, -0.25) is 19.3 Å². The molecule has 2 fully saturated rings. The number of carbonyl (C=O) groups excluding carboxylic acids is 4. The molecule has 4 atom stereocenters. The first-order valence-electron chi connectivity index (χ1n) is 10.6. The van der Waals surface area contributed by atoms with Crippen molar-refractivity contribution >= 4 is 74.2 Å². The van der Waals surface area contributed by atoms with Crippen molar-refractivity contribution in [1.82, 2.24) is 0 Å². The Bertz CT molecular complexity index is 1150. The number of imide groups is 1. The molecule has 1 saturated heterocycles. The molecule has 7 nitrogen and oxygen atoms in total. The van der Waals surface area contributed by atoms with Crippen molar-refractivity contribution in [3.8, 4) is 0 Å². The molecule has 3 amide bonds. The van der Waals surface area contributed by atoms with Crippen LogP contribution in [0, 0.1) is 18.8 Å². The van der Waals surface area contributed by atoms with Gasteiger partial charge in [-0.15, -0.1) is 23.2 Å². The standard InChI is InChI=1S/C24H21BrCl2N2O5/c1-12-7-14(25)5-6-20(12)28-21(30)11-34-24(33)13-3-2-4-15(8-13)29-22(31)16-9-18(26)19(27)10-17(16)23(29)32/h2-8,16-19H,9-11H2,1H3,(H,28,30)/t16-,17+,18-,19-/m0/s1. The lowest BCUT2D eigenvalue weighted by atomic mass is 9.80. The molecule has 0 bridgehead atoms. The normalized spacial score (nSPS) is 24.1. The van der Waals surface area contributed by atoms with Crippen LogP contribution in [0.5, 0.6) is 0 Å². The number of nitrogens with one attached hydrogen (secondary N) is 1. The minimum atomic E-state index is -0.748. The van der Waals surface area contributed by atoms with Crippen molar-refractivity contribution in [2.45, 2.75) is 30.5 Å². The van der Waals surface area contributed by atoms with Gasteiger partial charge in [0.2, 0.25) is 11.8 Å². The van der Waals surface area contributed by atoms with Gasteiger partial charge in [-0.25, -0.2) is 4.79 Å². The van der Waals surface area contributed by atoms with Crippen LogP contribution in [-0.2, 0) is 19.1 Å². The first-order chi connectivity index (χ1) is 16.2. The Morgan fingerprint density at radius 1 is 1.06 bits per heavy atom. The number of rotatable bonds is 5. The summed E-state index contributed by atoms with van der Waals surface area (Å²) in [5, 5.41) is 1.93. The lowest BCUT2D eigenvalue weighted by Crippen LogP contribution is -2.34. The topological polar surface area (TPSA) is 92.8 Å². The molecule has 1 heterocycles. The second-order valence-corrected chi connectivity index (χ2v) is 10.4. The second kappa shape index (κ2) is 10.1. The minimum Gasteiger partial charge on any atom is -0.452 e. The number of hydrogen-bond acceptors (Lipinski definition) is 5. The summed E-state index contributed by atoms with van der Waals surface area (Å²) in [6, 6.07) is 11.4. The third-order valence-electron chi connectivity index (χ3n) is 6.05. The zero-order chi connectivity index (χ0) is 24.6. The fourth-order valence-electron chi connectivity index (χ4n) is 4.29. The van der Waals surface area contributed by atoms with Crippen molar-refractivity contribution in [2.24, 2.45) is 11.8 Å². The number of fused-ring (bicyclic) bond motifs is 1. The van der Waals surface area contributed by atoms with Crippen molar-refractivity contribution in [2.75, 3.05) is 16.8 Å². The molecule has 0 radical (unpaired) electrons. The maximum absolute atomic E-state index is 13.0. The molecule has 2 aromatic rings. The van der Waals surface area contributed by atoms with Gasteiger partial charge >= 0.3 is 5.97 Å². The highest BCUT2D eigenvalue weighted by molar-refractivity contribution is 9.10. The van der Waals surface area contributed by atoms with Crippen LogP contribution in [0.3, 0.4) is 0 Å². The molecule has 1 aliphatic heterocycles. The maximum atomic E-state index is 13.0. The minimum absolute atomic E-state index is 0.117. The highest BCUT2D eigenvalue weighted by Crippen LogP contribution is 2.43. The summed E-state index contributed by atoms with van der Waals surface area (Å²) in [6.07, 6.45) is 0.659. The van der Waals surface area contributed by atoms with Crippen molar-refractivity contribution in [3.05, 3.63) is 58.1 Å². The molecule has 1 aliphatic carbocycles. The van der Waals surface area contributed by atoms with E-state index in [9.17, 15) is 19.2 Å². The summed E-state index contributed by atoms with van der Waals surface area (Å²) in [7, 11) is 0. The number of amides is 3. The Kier molecular flexibility index (Phi) is 7.31. The van der Waals surface area contributed by atoms with Crippen molar-refractivity contribution < 1.29 is 23.9 Å². The highest BCUT2D eigenvalue weighted by atomic mass is 79.9. The van der Waals surface area contributed by atoms with Gasteiger partial charge in [-0.2, -0.15) is 0 Å². The third kappa shape index (κ3) is 4.99. The largest absolute Gasteiger partial charge is 0.452 e. The number of hydrogen-bond donors (Lipinski definition) is 1. The van der Waals surface area contributed by atoms with Gasteiger partial charge in [0.15, 0.2) is 6.61 Å². The van der Waals surface area contributed by atoms with Gasteiger partial charge in [-0.05, 0) is 61.7 Å². The Morgan fingerprint density at radius 2 is 1.71 bits per heavy atom. The van der Waals surface area contributed by atoms with E-state index in [1.807, 2.05) is 13.0 Å². The molecule has 34 heavy (non-hydrogen) atoms. The van der Waals surface area contributed by atoms with Gasteiger partial charge in [0.05, 0.1) is 33.8 Å². The van der Waals surface area contributed by atoms with E-state index >= 15 is 0 Å². The average Bonchev–Trinajstić information content (AvgIpc) is 3.03. The van der Waals surface area contributed by atoms with Crippen LogP contribution in [0.4, 0.5) is 11.4 Å². The fourth-order valence-corrected chi connectivity index (χ4v) is 5.35. The van der Waals surface area contributed by atoms with E-state index < -0.39 is 30.3 Å². The first kappa shape index (κ1) is 24.7. The van der Waals surface area contributed by atoms with E-state index in [-0.39, 0.29) is 33.8 Å². The van der Waals surface area contributed by atoms with Crippen LogP contribution in [0.15, 0.2) is 46.9 Å². The predicted molar refractivity (Wildman–Crippen MR) is 132 cm³/mol. The average molecular weight is 568 g/mol. The van der Waals surface area contributed by atoms with Gasteiger partial charge in [0.25, 0.3) is 5.91 Å². The SMILES string of the molecule is Cc1cc(Br)ccc1NC(=O)COC(=O)c1cccc(N2C(=O)[C@H]3C[C@H](Cl)[C@@H](Cl)C[C@H]3C2=O)c1. The van der Waals surface area contributed by atoms with Gasteiger partial charge in [-0.1, -0.05) is 22.0 Å². The highest BCUT2D eigenvalue weighted by Gasteiger charge is 2.52. The Morgan fingerprint density at radius 3 is 2.32 bits per heavy atom. The van der Waals surface area contributed by atoms with E-state index in [4.69, 9.17) is 27.9 Å². The van der Waals surface area contributed by atoms with Crippen LogP contribution in [-0.4, -0.2) is 41.1 Å². The van der Waals surface area contributed by atoms with Crippen molar-refractivity contribution in [1.29, 1.82) is 0 Å². The predicted octanol–water partition coefficient (Wildman–Crippen LogP) is 4.67. The number of benzene rings is 2. The number of halogens is 3. The number of ether oxygens (including phenoxy) is 1. The second-order valence-electron chi connectivity index (χ2n) is 8.36. The number of esters is 1. The summed E-state index contributed by atoms with van der Waals surface area (Å²) >= 11 is 15.8. The van der Waals surface area contributed by atoms with Gasteiger partial charge in [0.1, 0.15) is 0 Å². The quantitative estimate of drug-likeness (QED) is 0.322. The first-order valence-corrected chi connectivity index (χ1v) is 12.3. The lowest BCUT2D eigenvalue weighted by Gasteiger charge is -2.28. The molecule has 0 spiro atoms. The molecule has 0 unspecified atom stereocenters. The van der Waals surface area contributed by atoms with E-state index in [1.165, 1.54) is 12.1 Å². The molecular weight excluding hydrogens is 547 g/mol. The Balaban J connectivity index is 1.42. The Hall–Kier alpha value is -2.42. The summed E-state index contributed by atoms with van der Waals surface area (Å²) in [4.78, 5) is 51.8. The van der Waals surface area contributed by atoms with E-state index in [0.29, 0.717) is 18.5 Å². The van der Waals surface area contributed by atoms with E-state index in [1.54, 1.807) is 24.3 Å². The van der Waals surface area contributed by atoms with Crippen molar-refractivity contribution in [3.63, 3.8) is 0 Å². The van der Waals surface area contributed by atoms with Crippen LogP contribution in [0.1, 0.15) is 28.8 Å². The number of nitrogens with zero attached hydrogens (tertiary/aromatic N) is 1. The number of carbonyl (C=O) groups is 4. The lowest BCUT2D eigenvalue weighted by molar-refractivity contribution is -0.122. The molecule has 2 aliphatic rings. The molecule has 4 rings (SSSR count). The van der Waals surface area contributed by atoms with Crippen LogP contribution in [0.25, 0.3) is 0 Å². The molecule has 10 heteroatoms. The Labute approximate surface area is 214 Å². The zero-order valence-corrected chi connectivity index (χ0v) is 21.2. The maximum Gasteiger partial charge on any atom is 0.338 e. The molecule has 178 valence electrons. The summed E-state index contributed by atoms with van der Waals surface area (Å²) in [5.41, 5.74) is 1.84. The summed E-state index contributed by atoms with van der Waals surface area (Å²) in [5.74, 6) is -2.98. The van der Waals surface area contributed by atoms with E-state index in [0.717, 1.165) is 14.9 Å². The van der Waals surface area contributed by atoms with Gasteiger partial charge in [0, 0.05) is 10.2 Å². The monoisotopic (exact) mass is 566 g/mol. The van der Waals surface area contributed by atoms with Crippen LogP contribution >= 0.6 is 39.1 Å². The molecular formula is C24H21BrCl2N2O5. The van der Waals surface area contributed by atoms with Crippen LogP contribution < -0.4 is 10.2 Å². The number of alkyl halides is 2. The molecule has 1 N–H and O–H groups in total. The molecule has 1 saturated carbocycles. The third-order valence-corrected chi connectivity index (χ3v) is 7.64. The van der Waals surface area contributed by atoms with E-state index in [2.05, 4.69) is 21.2 Å². The molecule has 2 aromatic carbocycles.